The molecule has 0 fully saturated rings. The van der Waals surface area contributed by atoms with E-state index in [1.54, 1.807) is 69.4 Å². The van der Waals surface area contributed by atoms with Gasteiger partial charge in [0.1, 0.15) is 16.9 Å². The van der Waals surface area contributed by atoms with Gasteiger partial charge in [-0.2, -0.15) is 0 Å². The Morgan fingerprint density at radius 2 is 0.870 bits per heavy atom. The number of hydrogen-bond donors (Lipinski definition) is 2. The first kappa shape index (κ1) is 45.3. The third-order valence-corrected chi connectivity index (χ3v) is 12.9. The lowest BCUT2D eigenvalue weighted by atomic mass is 10.1. The number of nitrogens with zero attached hydrogens (tertiary/aromatic N) is 15. The second-order valence-corrected chi connectivity index (χ2v) is 17.6. The molecule has 0 atom stereocenters. The molecule has 0 aliphatic carbocycles. The van der Waals surface area contributed by atoms with E-state index in [1.807, 2.05) is 100 Å². The molecule has 4 N–H and O–H groups in total. The number of rotatable bonds is 9. The van der Waals surface area contributed by atoms with Gasteiger partial charge >= 0.3 is 0 Å². The molecule has 0 aliphatic rings. The summed E-state index contributed by atoms with van der Waals surface area (Å²) < 4.78 is 16.2. The topological polar surface area (TPSA) is 238 Å². The van der Waals surface area contributed by atoms with E-state index in [4.69, 9.17) is 19.8 Å². The van der Waals surface area contributed by atoms with Gasteiger partial charge in [-0.25, -0.2) is 59.8 Å². The molecule has 0 radical (unpaired) electrons. The molecule has 0 spiro atoms. The van der Waals surface area contributed by atoms with Crippen molar-refractivity contribution in [2.24, 2.45) is 0 Å². The molecule has 12 aromatic rings. The van der Waals surface area contributed by atoms with Gasteiger partial charge in [-0.1, -0.05) is 23.5 Å². The molecule has 0 saturated carbocycles. The van der Waals surface area contributed by atoms with Crippen LogP contribution in [0.15, 0.2) is 149 Å². The second kappa shape index (κ2) is 20.0. The van der Waals surface area contributed by atoms with Crippen LogP contribution in [0.5, 0.6) is 0 Å². The first-order valence-electron chi connectivity index (χ1n) is 20.6. The summed E-state index contributed by atoms with van der Waals surface area (Å²) in [6.45, 7) is 0. The van der Waals surface area contributed by atoms with E-state index < -0.39 is 0 Å². The molecular weight excluding hydrogens is 951 g/mol. The Morgan fingerprint density at radius 1 is 0.420 bits per heavy atom. The summed E-state index contributed by atoms with van der Waals surface area (Å²) in [5.74, 6) is 0.607. The molecule has 23 heteroatoms. The molecular formula is C46H37N17O2S4. The quantitative estimate of drug-likeness (QED) is 0.0779. The predicted molar refractivity (Wildman–Crippen MR) is 273 cm³/mol. The van der Waals surface area contributed by atoms with E-state index in [9.17, 15) is 0 Å². The van der Waals surface area contributed by atoms with E-state index >= 15 is 0 Å². The van der Waals surface area contributed by atoms with Crippen molar-refractivity contribution in [3.8, 4) is 33.8 Å². The summed E-state index contributed by atoms with van der Waals surface area (Å²) in [7, 11) is 3.21. The van der Waals surface area contributed by atoms with Crippen LogP contribution in [0, 0.1) is 0 Å². The number of nitrogens with two attached hydrogens (primary N) is 2. The molecule has 69 heavy (non-hydrogen) atoms. The maximum Gasteiger partial charge on any atom is 0.220 e. The average Bonchev–Trinajstić information content (AvgIpc) is 4.04. The third kappa shape index (κ3) is 8.55. The Kier molecular flexibility index (Phi) is 13.1. The van der Waals surface area contributed by atoms with Crippen LogP contribution in [-0.4, -0.2) is 99.7 Å². The molecule has 12 rings (SSSR count). The van der Waals surface area contributed by atoms with E-state index in [2.05, 4.69) is 70.3 Å². The van der Waals surface area contributed by atoms with Gasteiger partial charge in [-0.3, -0.25) is 13.2 Å². The van der Waals surface area contributed by atoms with E-state index in [-0.39, 0.29) is 5.95 Å². The highest BCUT2D eigenvalue weighted by Crippen LogP contribution is 2.38. The minimum Gasteiger partial charge on any atom is -0.369 e. The van der Waals surface area contributed by atoms with Crippen molar-refractivity contribution < 1.29 is 8.37 Å². The zero-order valence-electron chi connectivity index (χ0n) is 36.9. The van der Waals surface area contributed by atoms with Gasteiger partial charge in [-0.15, -0.1) is 0 Å². The molecule has 0 aliphatic heterocycles. The Morgan fingerprint density at radius 3 is 1.41 bits per heavy atom. The monoisotopic (exact) mass is 987 g/mol. The normalized spacial score (nSPS) is 11.4. The van der Waals surface area contributed by atoms with E-state index in [0.29, 0.717) is 16.3 Å². The Hall–Kier alpha value is -7.54. The molecule has 0 aromatic carbocycles. The lowest BCUT2D eigenvalue weighted by Gasteiger charge is -2.04. The lowest BCUT2D eigenvalue weighted by molar-refractivity contribution is 0.485. The SMILES string of the molecule is COSc1nccc(-c2c3cccnc3n3c(SOC)nccc23)n1.CSc1nccc(-c2c3cccnc3n3c(SC)nccc23)n1.Nc1nccc(-c2c3cccnc3n3c(N)nccc23)n1. The van der Waals surface area contributed by atoms with Crippen LogP contribution < -0.4 is 11.5 Å². The maximum absolute atomic E-state index is 6.00. The predicted octanol–water partition coefficient (Wildman–Crippen LogP) is 8.93. The summed E-state index contributed by atoms with van der Waals surface area (Å²) in [4.78, 5) is 52.5. The van der Waals surface area contributed by atoms with Crippen molar-refractivity contribution in [2.45, 2.75) is 20.6 Å². The summed E-state index contributed by atoms with van der Waals surface area (Å²) in [6, 6.07) is 23.3. The van der Waals surface area contributed by atoms with Crippen molar-refractivity contribution in [1.82, 2.24) is 73.0 Å². The van der Waals surface area contributed by atoms with E-state index in [0.717, 1.165) is 106 Å². The average molecular weight is 988 g/mol. The maximum atomic E-state index is 6.00. The summed E-state index contributed by atoms with van der Waals surface area (Å²) in [6.07, 6.45) is 19.7. The number of thioether (sulfide) groups is 2. The van der Waals surface area contributed by atoms with Crippen LogP contribution in [0.3, 0.4) is 0 Å². The van der Waals surface area contributed by atoms with Crippen molar-refractivity contribution in [3.63, 3.8) is 0 Å². The Labute approximate surface area is 409 Å². The minimum absolute atomic E-state index is 0.228. The van der Waals surface area contributed by atoms with Crippen molar-refractivity contribution in [1.29, 1.82) is 0 Å². The lowest BCUT2D eigenvalue weighted by Crippen LogP contribution is -2.00. The number of pyridine rings is 3. The Balaban J connectivity index is 0.000000121. The van der Waals surface area contributed by atoms with Crippen LogP contribution in [0.4, 0.5) is 11.9 Å². The van der Waals surface area contributed by atoms with Crippen LogP contribution in [0.25, 0.3) is 83.4 Å². The first-order valence-corrected chi connectivity index (χ1v) is 24.6. The summed E-state index contributed by atoms with van der Waals surface area (Å²) in [5, 5.41) is 5.93. The van der Waals surface area contributed by atoms with Gasteiger partial charge < -0.3 is 19.8 Å². The summed E-state index contributed by atoms with van der Waals surface area (Å²) in [5.41, 5.74) is 22.4. The van der Waals surface area contributed by atoms with Crippen molar-refractivity contribution in [2.75, 3.05) is 38.2 Å². The fourth-order valence-electron chi connectivity index (χ4n) is 7.97. The molecule has 342 valence electrons. The zero-order valence-corrected chi connectivity index (χ0v) is 40.2. The van der Waals surface area contributed by atoms with Gasteiger partial charge in [0.15, 0.2) is 10.3 Å². The standard InChI is InChI=1S/C16H13N5O2S2.C16H13N5S2.C14H11N7/c1-22-24-15-18-8-5-11(20-15)13-10-4-3-7-17-14(10)21-12(13)6-9-19-16(21)25-23-2;1-22-15-18-8-5-11(20-15)13-10-4-3-7-17-14(10)21-12(13)6-9-19-16(21)23-2;15-13-18-6-3-9(20-13)11-8-2-1-5-17-12(8)21-10(11)4-7-19-14(21)16/h3-9H,1-2H3;3-9H,1-2H3;1-7H,(H2,16,19)(H2,15,18,20). The van der Waals surface area contributed by atoms with Gasteiger partial charge in [0.05, 0.1) is 71.9 Å². The van der Waals surface area contributed by atoms with Crippen LogP contribution in [0.2, 0.25) is 0 Å². The molecule has 0 amide bonds. The molecule has 0 saturated heterocycles. The van der Waals surface area contributed by atoms with Crippen LogP contribution in [-0.2, 0) is 8.37 Å². The highest BCUT2D eigenvalue weighted by molar-refractivity contribution is 7.98. The smallest absolute Gasteiger partial charge is 0.220 e. The number of anilines is 2. The molecule has 0 bridgehead atoms. The molecule has 12 aromatic heterocycles. The number of fused-ring (bicyclic) bond motifs is 9. The van der Waals surface area contributed by atoms with E-state index in [1.165, 1.54) is 23.8 Å². The van der Waals surface area contributed by atoms with Crippen molar-refractivity contribution >= 4 is 109 Å². The largest absolute Gasteiger partial charge is 0.369 e. The molecule has 19 nitrogen and oxygen atoms in total. The highest BCUT2D eigenvalue weighted by Gasteiger charge is 2.21. The third-order valence-electron chi connectivity index (χ3n) is 10.6. The number of hydrogen-bond acceptors (Lipinski definition) is 20. The van der Waals surface area contributed by atoms with Gasteiger partial charge in [0, 0.05) is 88.6 Å². The van der Waals surface area contributed by atoms with Crippen LogP contribution in [0.1, 0.15) is 0 Å². The first-order chi connectivity index (χ1) is 33.9. The fourth-order valence-corrected chi connectivity index (χ4v) is 9.76. The molecule has 12 heterocycles. The van der Waals surface area contributed by atoms with Gasteiger partial charge in [0.25, 0.3) is 0 Å². The second-order valence-electron chi connectivity index (χ2n) is 14.3. The van der Waals surface area contributed by atoms with Gasteiger partial charge in [-0.05, 0) is 85.3 Å². The minimum atomic E-state index is 0.228. The zero-order chi connectivity index (χ0) is 47.4. The Bertz CT molecular complexity index is 3830. The van der Waals surface area contributed by atoms with Crippen molar-refractivity contribution in [3.05, 3.63) is 129 Å². The number of nitrogen functional groups attached to an aromatic ring is 2. The summed E-state index contributed by atoms with van der Waals surface area (Å²) >= 11 is 5.46. The van der Waals surface area contributed by atoms with Crippen LogP contribution >= 0.6 is 47.6 Å². The fraction of sp³-hybridized carbons (Fsp3) is 0.0870. The highest BCUT2D eigenvalue weighted by atomic mass is 32.2. The number of aromatic nitrogens is 15. The van der Waals surface area contributed by atoms with Gasteiger partial charge in [0.2, 0.25) is 22.2 Å². The molecule has 0 unspecified atom stereocenters.